The van der Waals surface area contributed by atoms with Crippen molar-refractivity contribution >= 4 is 17.7 Å². The third-order valence-corrected chi connectivity index (χ3v) is 3.14. The fraction of sp³-hybridized carbons (Fsp3) is 0.0833. The summed E-state index contributed by atoms with van der Waals surface area (Å²) in [7, 11) is 0. The van der Waals surface area contributed by atoms with Crippen LogP contribution >= 0.6 is 11.8 Å². The zero-order chi connectivity index (χ0) is 14.0. The Hall–Kier alpha value is -2.15. The van der Waals surface area contributed by atoms with Gasteiger partial charge in [-0.3, -0.25) is 4.79 Å². The average molecular weight is 280 g/mol. The summed E-state index contributed by atoms with van der Waals surface area (Å²) in [5.41, 5.74) is -0.706. The number of carbonyl (C=O) groups is 1. The molecule has 2 aromatic rings. The van der Waals surface area contributed by atoms with Gasteiger partial charge in [-0.15, -0.1) is 0 Å². The second kappa shape index (κ2) is 5.23. The first-order valence-electron chi connectivity index (χ1n) is 5.24. The van der Waals surface area contributed by atoms with Crippen molar-refractivity contribution in [1.82, 2.24) is 9.97 Å². The second-order valence-electron chi connectivity index (χ2n) is 3.72. The van der Waals surface area contributed by atoms with Crippen molar-refractivity contribution in [3.63, 3.8) is 0 Å². The minimum absolute atomic E-state index is 0.296. The van der Waals surface area contributed by atoms with E-state index in [1.54, 1.807) is 6.92 Å². The third-order valence-electron chi connectivity index (χ3n) is 2.23. The van der Waals surface area contributed by atoms with Gasteiger partial charge in [0.15, 0.2) is 0 Å². The molecule has 0 unspecified atom stereocenters. The highest BCUT2D eigenvalue weighted by molar-refractivity contribution is 7.99. The van der Waals surface area contributed by atoms with Crippen LogP contribution in [0.25, 0.3) is 0 Å². The molecule has 98 valence electrons. The van der Waals surface area contributed by atoms with Crippen LogP contribution in [0.4, 0.5) is 4.39 Å². The molecule has 0 radical (unpaired) electrons. The fourth-order valence-electron chi connectivity index (χ4n) is 1.46. The number of halogens is 1. The van der Waals surface area contributed by atoms with Crippen LogP contribution in [0.2, 0.25) is 0 Å². The van der Waals surface area contributed by atoms with Crippen LogP contribution < -0.4 is 5.56 Å². The molecule has 1 aromatic heterocycles. The lowest BCUT2D eigenvalue weighted by atomic mass is 10.2. The van der Waals surface area contributed by atoms with E-state index in [-0.39, 0.29) is 5.56 Å². The molecule has 2 N–H and O–H groups in total. The lowest BCUT2D eigenvalue weighted by Gasteiger charge is -2.03. The maximum absolute atomic E-state index is 13.2. The van der Waals surface area contributed by atoms with Gasteiger partial charge in [0.2, 0.25) is 0 Å². The van der Waals surface area contributed by atoms with Gasteiger partial charge in [-0.2, -0.15) is 0 Å². The first kappa shape index (κ1) is 13.3. The largest absolute Gasteiger partial charge is 0.478 e. The van der Waals surface area contributed by atoms with E-state index in [0.29, 0.717) is 15.7 Å². The minimum Gasteiger partial charge on any atom is -0.478 e. The molecule has 7 heteroatoms. The summed E-state index contributed by atoms with van der Waals surface area (Å²) in [6.07, 6.45) is 0. The second-order valence-corrected chi connectivity index (χ2v) is 4.81. The highest BCUT2D eigenvalue weighted by Gasteiger charge is 2.12. The van der Waals surface area contributed by atoms with Crippen molar-refractivity contribution in [1.29, 1.82) is 0 Å². The number of H-pyrrole nitrogens is 1. The Morgan fingerprint density at radius 1 is 1.42 bits per heavy atom. The molecule has 0 fully saturated rings. The summed E-state index contributed by atoms with van der Waals surface area (Å²) in [4.78, 5) is 29.2. The van der Waals surface area contributed by atoms with E-state index < -0.39 is 17.3 Å². The number of aromatic carboxylic acids is 1. The molecular weight excluding hydrogens is 271 g/mol. The van der Waals surface area contributed by atoms with Gasteiger partial charge in [0.1, 0.15) is 16.7 Å². The molecule has 19 heavy (non-hydrogen) atoms. The van der Waals surface area contributed by atoms with Crippen LogP contribution in [0.5, 0.6) is 0 Å². The number of carboxylic acid groups (broad SMARTS) is 1. The molecule has 0 aliphatic heterocycles. The Kier molecular flexibility index (Phi) is 3.66. The molecule has 5 nitrogen and oxygen atoms in total. The lowest BCUT2D eigenvalue weighted by molar-refractivity contribution is 0.0691. The summed E-state index contributed by atoms with van der Waals surface area (Å²) in [6, 6.07) is 5.01. The van der Waals surface area contributed by atoms with Crippen LogP contribution in [-0.4, -0.2) is 21.0 Å². The summed E-state index contributed by atoms with van der Waals surface area (Å²) < 4.78 is 13.2. The molecule has 0 amide bonds. The van der Waals surface area contributed by atoms with Gasteiger partial charge in [-0.05, 0) is 25.1 Å². The molecule has 1 aromatic carbocycles. The number of nitrogens with one attached hydrogen (secondary N) is 1. The number of benzene rings is 1. The standard InChI is InChI=1S/C12H9FN2O3S/c1-6-14-10(16)5-11(15-6)19-7-2-3-9(13)8(4-7)12(17)18/h2-5H,1H3,(H,17,18)(H,14,15,16). The number of rotatable bonds is 3. The number of nitrogens with zero attached hydrogens (tertiary/aromatic N) is 1. The summed E-state index contributed by atoms with van der Waals surface area (Å²) in [5, 5.41) is 9.25. The zero-order valence-corrected chi connectivity index (χ0v) is 10.6. The molecule has 0 aliphatic carbocycles. The van der Waals surface area contributed by atoms with E-state index in [0.717, 1.165) is 17.8 Å². The Morgan fingerprint density at radius 2 is 2.16 bits per heavy atom. The molecule has 1 heterocycles. The Balaban J connectivity index is 2.36. The molecule has 0 atom stereocenters. The van der Waals surface area contributed by atoms with E-state index in [1.165, 1.54) is 18.2 Å². The molecule has 0 aliphatic rings. The number of aromatic amines is 1. The predicted molar refractivity (Wildman–Crippen MR) is 67.1 cm³/mol. The van der Waals surface area contributed by atoms with E-state index in [4.69, 9.17) is 5.11 Å². The van der Waals surface area contributed by atoms with Crippen LogP contribution in [0, 0.1) is 12.7 Å². The fourth-order valence-corrected chi connectivity index (χ4v) is 2.36. The van der Waals surface area contributed by atoms with E-state index in [2.05, 4.69) is 9.97 Å². The van der Waals surface area contributed by atoms with Crippen LogP contribution in [0.15, 0.2) is 39.0 Å². The monoisotopic (exact) mass is 280 g/mol. The molecule has 0 saturated carbocycles. The van der Waals surface area contributed by atoms with Crippen molar-refractivity contribution in [2.45, 2.75) is 16.8 Å². The van der Waals surface area contributed by atoms with Gasteiger partial charge in [-0.25, -0.2) is 14.2 Å². The van der Waals surface area contributed by atoms with Crippen molar-refractivity contribution in [3.8, 4) is 0 Å². The SMILES string of the molecule is Cc1nc(Sc2ccc(F)c(C(=O)O)c2)cc(=O)[nH]1. The number of hydrogen-bond donors (Lipinski definition) is 2. The number of carboxylic acids is 1. The van der Waals surface area contributed by atoms with Crippen molar-refractivity contribution in [3.05, 3.63) is 51.8 Å². The van der Waals surface area contributed by atoms with Crippen molar-refractivity contribution < 1.29 is 14.3 Å². The maximum atomic E-state index is 13.2. The minimum atomic E-state index is -1.34. The summed E-state index contributed by atoms with van der Waals surface area (Å²) in [6.45, 7) is 1.64. The van der Waals surface area contributed by atoms with Gasteiger partial charge in [0, 0.05) is 11.0 Å². The van der Waals surface area contributed by atoms with Gasteiger partial charge < -0.3 is 10.1 Å². The molecule has 0 bridgehead atoms. The van der Waals surface area contributed by atoms with Gasteiger partial charge in [-0.1, -0.05) is 11.8 Å². The van der Waals surface area contributed by atoms with Gasteiger partial charge in [0.25, 0.3) is 5.56 Å². The Bertz CT molecular complexity index is 700. The Morgan fingerprint density at radius 3 is 2.79 bits per heavy atom. The third kappa shape index (κ3) is 3.19. The quantitative estimate of drug-likeness (QED) is 0.841. The molecule has 0 spiro atoms. The van der Waals surface area contributed by atoms with Crippen molar-refractivity contribution in [2.75, 3.05) is 0 Å². The van der Waals surface area contributed by atoms with E-state index >= 15 is 0 Å². The first-order valence-corrected chi connectivity index (χ1v) is 6.06. The predicted octanol–water partition coefficient (Wildman–Crippen LogP) is 2.07. The number of aromatic nitrogens is 2. The Labute approximate surface area is 111 Å². The number of aryl methyl sites for hydroxylation is 1. The average Bonchev–Trinajstić information content (AvgIpc) is 2.30. The topological polar surface area (TPSA) is 83.0 Å². The normalized spacial score (nSPS) is 10.4. The highest BCUT2D eigenvalue weighted by atomic mass is 32.2. The summed E-state index contributed by atoms with van der Waals surface area (Å²) >= 11 is 1.10. The maximum Gasteiger partial charge on any atom is 0.338 e. The lowest BCUT2D eigenvalue weighted by Crippen LogP contribution is -2.08. The number of hydrogen-bond acceptors (Lipinski definition) is 4. The zero-order valence-electron chi connectivity index (χ0n) is 9.81. The van der Waals surface area contributed by atoms with E-state index in [9.17, 15) is 14.0 Å². The molecule has 0 saturated heterocycles. The molecular formula is C12H9FN2O3S. The molecule has 2 rings (SSSR count). The van der Waals surface area contributed by atoms with Crippen LogP contribution in [0.3, 0.4) is 0 Å². The first-order chi connectivity index (χ1) is 8.95. The summed E-state index contributed by atoms with van der Waals surface area (Å²) in [5.74, 6) is -1.68. The van der Waals surface area contributed by atoms with Crippen LogP contribution in [0.1, 0.15) is 16.2 Å². The van der Waals surface area contributed by atoms with Gasteiger partial charge in [0.05, 0.1) is 5.56 Å². The van der Waals surface area contributed by atoms with Crippen molar-refractivity contribution in [2.24, 2.45) is 0 Å². The smallest absolute Gasteiger partial charge is 0.338 e. The van der Waals surface area contributed by atoms with E-state index in [1.807, 2.05) is 0 Å². The van der Waals surface area contributed by atoms with Gasteiger partial charge >= 0.3 is 5.97 Å². The highest BCUT2D eigenvalue weighted by Crippen LogP contribution is 2.26. The van der Waals surface area contributed by atoms with Crippen LogP contribution in [-0.2, 0) is 0 Å².